The summed E-state index contributed by atoms with van der Waals surface area (Å²) in [6.07, 6.45) is 2.82. The van der Waals surface area contributed by atoms with Crippen molar-refractivity contribution >= 4 is 0 Å². The predicted molar refractivity (Wildman–Crippen MR) is 80.9 cm³/mol. The Morgan fingerprint density at radius 2 is 2.09 bits per heavy atom. The molecule has 0 radical (unpaired) electrons. The van der Waals surface area contributed by atoms with E-state index in [0.29, 0.717) is 18.1 Å². The number of aromatic nitrogens is 3. The summed E-state index contributed by atoms with van der Waals surface area (Å²) < 4.78 is 7.05. The summed E-state index contributed by atoms with van der Waals surface area (Å²) in [6.45, 7) is 2.16. The molecule has 0 spiro atoms. The third-order valence-corrected chi connectivity index (χ3v) is 3.12. The van der Waals surface area contributed by atoms with Gasteiger partial charge in [0.25, 0.3) is 0 Å². The van der Waals surface area contributed by atoms with Crippen LogP contribution >= 0.6 is 0 Å². The lowest BCUT2D eigenvalue weighted by Gasteiger charge is -2.07. The summed E-state index contributed by atoms with van der Waals surface area (Å²) in [7, 11) is 0. The molecular formula is C17H15N3O2. The molecule has 0 aliphatic carbocycles. The van der Waals surface area contributed by atoms with E-state index in [0.717, 1.165) is 11.3 Å². The van der Waals surface area contributed by atoms with E-state index in [-0.39, 0.29) is 0 Å². The molecule has 0 saturated carbocycles. The van der Waals surface area contributed by atoms with Gasteiger partial charge in [-0.05, 0) is 25.0 Å². The molecule has 3 aromatic rings. The van der Waals surface area contributed by atoms with Gasteiger partial charge < -0.3 is 14.2 Å². The number of imidazole rings is 1. The zero-order valence-electron chi connectivity index (χ0n) is 12.1. The van der Waals surface area contributed by atoms with E-state index in [1.54, 1.807) is 25.4 Å². The fraction of sp³-hybridized carbons (Fsp3) is 0.176. The molecule has 5 nitrogen and oxygen atoms in total. The van der Waals surface area contributed by atoms with Gasteiger partial charge in [-0.1, -0.05) is 29.3 Å². The molecule has 22 heavy (non-hydrogen) atoms. The Labute approximate surface area is 128 Å². The van der Waals surface area contributed by atoms with Gasteiger partial charge in [0.1, 0.15) is 17.6 Å². The molecule has 1 atom stereocenters. The van der Waals surface area contributed by atoms with Crippen molar-refractivity contribution in [2.45, 2.75) is 19.6 Å². The molecule has 0 fully saturated rings. The largest absolute Gasteiger partial charge is 0.385 e. The van der Waals surface area contributed by atoms with E-state index in [1.807, 2.05) is 34.9 Å². The van der Waals surface area contributed by atoms with Crippen LogP contribution in [0.3, 0.4) is 0 Å². The quantitative estimate of drug-likeness (QED) is 0.753. The number of rotatable bonds is 3. The van der Waals surface area contributed by atoms with Crippen LogP contribution in [0, 0.1) is 11.8 Å². The van der Waals surface area contributed by atoms with E-state index in [4.69, 9.17) is 4.52 Å². The van der Waals surface area contributed by atoms with Crippen LogP contribution in [-0.4, -0.2) is 19.8 Å². The Kier molecular flexibility index (Phi) is 4.03. The summed E-state index contributed by atoms with van der Waals surface area (Å²) in [6, 6.07) is 11.5. The minimum Gasteiger partial charge on any atom is -0.385 e. The van der Waals surface area contributed by atoms with Crippen molar-refractivity contribution in [2.24, 2.45) is 0 Å². The van der Waals surface area contributed by atoms with Crippen LogP contribution in [0.5, 0.6) is 0 Å². The number of hydrogen-bond acceptors (Lipinski definition) is 4. The molecule has 1 N–H and O–H groups in total. The highest BCUT2D eigenvalue weighted by molar-refractivity contribution is 5.39. The molecule has 0 saturated heterocycles. The van der Waals surface area contributed by atoms with Gasteiger partial charge in [0.15, 0.2) is 0 Å². The Morgan fingerprint density at radius 3 is 2.86 bits per heavy atom. The van der Waals surface area contributed by atoms with Crippen LogP contribution in [0.4, 0.5) is 0 Å². The minimum absolute atomic E-state index is 0.483. The minimum atomic E-state index is -0.626. The summed E-state index contributed by atoms with van der Waals surface area (Å²) >= 11 is 0. The van der Waals surface area contributed by atoms with E-state index in [2.05, 4.69) is 22.0 Å². The smallest absolute Gasteiger partial charge is 0.210 e. The molecule has 0 aliphatic rings. The average Bonchev–Trinajstić information content (AvgIpc) is 3.16. The van der Waals surface area contributed by atoms with Crippen LogP contribution in [0.1, 0.15) is 35.9 Å². The van der Waals surface area contributed by atoms with Crippen molar-refractivity contribution in [1.82, 2.24) is 14.7 Å². The highest BCUT2D eigenvalue weighted by Gasteiger charge is 2.10. The van der Waals surface area contributed by atoms with Crippen LogP contribution in [0.25, 0.3) is 0 Å². The Hall–Kier alpha value is -2.84. The third-order valence-electron chi connectivity index (χ3n) is 3.12. The molecule has 3 rings (SSSR count). The van der Waals surface area contributed by atoms with Crippen molar-refractivity contribution in [1.29, 1.82) is 0 Å². The summed E-state index contributed by atoms with van der Waals surface area (Å²) in [5, 5.41) is 13.6. The van der Waals surface area contributed by atoms with Gasteiger partial charge in [-0.3, -0.25) is 0 Å². The average molecular weight is 293 g/mol. The summed E-state index contributed by atoms with van der Waals surface area (Å²) in [5.41, 5.74) is 1.66. The van der Waals surface area contributed by atoms with Crippen molar-refractivity contribution in [3.8, 4) is 11.8 Å². The highest BCUT2D eigenvalue weighted by atomic mass is 16.5. The molecule has 2 heterocycles. The predicted octanol–water partition coefficient (Wildman–Crippen LogP) is 2.37. The second-order valence-electron chi connectivity index (χ2n) is 4.89. The van der Waals surface area contributed by atoms with Crippen molar-refractivity contribution in [3.05, 3.63) is 71.6 Å². The Bertz CT molecular complexity index is 807. The number of benzene rings is 1. The monoisotopic (exact) mass is 293 g/mol. The zero-order valence-corrected chi connectivity index (χ0v) is 12.1. The van der Waals surface area contributed by atoms with E-state index in [9.17, 15) is 5.11 Å². The number of nitrogens with zero attached hydrogens (tertiary/aromatic N) is 3. The second kappa shape index (κ2) is 6.29. The Morgan fingerprint density at radius 1 is 1.27 bits per heavy atom. The lowest BCUT2D eigenvalue weighted by atomic mass is 10.2. The first kappa shape index (κ1) is 14.1. The molecule has 5 heteroatoms. The second-order valence-corrected chi connectivity index (χ2v) is 4.89. The van der Waals surface area contributed by atoms with Gasteiger partial charge in [0.2, 0.25) is 5.76 Å². The van der Waals surface area contributed by atoms with Crippen LogP contribution in [-0.2, 0) is 6.54 Å². The molecule has 1 unspecified atom stereocenters. The number of hydrogen-bond donors (Lipinski definition) is 1. The number of aliphatic hydroxyl groups excluding tert-OH is 1. The van der Waals surface area contributed by atoms with Crippen molar-refractivity contribution < 1.29 is 9.63 Å². The van der Waals surface area contributed by atoms with E-state index >= 15 is 0 Å². The first-order valence-electron chi connectivity index (χ1n) is 6.94. The molecule has 0 amide bonds. The molecule has 2 aromatic heterocycles. The van der Waals surface area contributed by atoms with Gasteiger partial charge in [0.05, 0.1) is 6.54 Å². The first-order valence-corrected chi connectivity index (χ1v) is 6.94. The van der Waals surface area contributed by atoms with Gasteiger partial charge in [0, 0.05) is 24.0 Å². The standard InChI is InChI=1S/C17H15N3O2/c1-13(21)17-18-9-10-20(17)12-15-11-16(22-19-15)8-7-14-5-3-2-4-6-14/h2-6,9-11,13,21H,12H2,1H3. The van der Waals surface area contributed by atoms with E-state index in [1.165, 1.54) is 0 Å². The highest BCUT2D eigenvalue weighted by Crippen LogP contribution is 2.12. The van der Waals surface area contributed by atoms with Gasteiger partial charge >= 0.3 is 0 Å². The van der Waals surface area contributed by atoms with Crippen LogP contribution in [0.2, 0.25) is 0 Å². The number of aliphatic hydroxyl groups is 1. The maximum atomic E-state index is 9.64. The maximum Gasteiger partial charge on any atom is 0.210 e. The fourth-order valence-corrected chi connectivity index (χ4v) is 2.10. The normalized spacial score (nSPS) is 11.7. The summed E-state index contributed by atoms with van der Waals surface area (Å²) in [4.78, 5) is 4.12. The van der Waals surface area contributed by atoms with Gasteiger partial charge in [-0.25, -0.2) is 4.98 Å². The molecule has 0 bridgehead atoms. The van der Waals surface area contributed by atoms with Gasteiger partial charge in [-0.15, -0.1) is 0 Å². The molecule has 1 aromatic carbocycles. The lowest BCUT2D eigenvalue weighted by molar-refractivity contribution is 0.184. The lowest BCUT2D eigenvalue weighted by Crippen LogP contribution is -2.07. The third kappa shape index (κ3) is 3.25. The van der Waals surface area contributed by atoms with Crippen molar-refractivity contribution in [2.75, 3.05) is 0 Å². The molecular weight excluding hydrogens is 278 g/mol. The maximum absolute atomic E-state index is 9.64. The van der Waals surface area contributed by atoms with E-state index < -0.39 is 6.10 Å². The fourth-order valence-electron chi connectivity index (χ4n) is 2.10. The molecule has 0 aliphatic heterocycles. The van der Waals surface area contributed by atoms with Crippen LogP contribution in [0.15, 0.2) is 53.3 Å². The molecule has 110 valence electrons. The zero-order chi connectivity index (χ0) is 15.4. The SMILES string of the molecule is CC(O)c1nccn1Cc1cc(C#Cc2ccccc2)on1. The Balaban J connectivity index is 1.74. The first-order chi connectivity index (χ1) is 10.7. The summed E-state index contributed by atoms with van der Waals surface area (Å²) in [5.74, 6) is 7.07. The topological polar surface area (TPSA) is 64.1 Å². The van der Waals surface area contributed by atoms with Gasteiger partial charge in [-0.2, -0.15) is 0 Å². The van der Waals surface area contributed by atoms with Crippen molar-refractivity contribution in [3.63, 3.8) is 0 Å². The van der Waals surface area contributed by atoms with Crippen LogP contribution < -0.4 is 0 Å².